The lowest BCUT2D eigenvalue weighted by molar-refractivity contribution is 1.16. The second kappa shape index (κ2) is 9.24. The van der Waals surface area contributed by atoms with Gasteiger partial charge in [-0.25, -0.2) is 0 Å². The molecule has 8 rings (SSSR count). The number of hydrogen-bond donors (Lipinski definition) is 0. The van der Waals surface area contributed by atoms with E-state index < -0.39 is 0 Å². The molecule has 0 radical (unpaired) electrons. The number of benzene rings is 6. The van der Waals surface area contributed by atoms with Crippen LogP contribution in [-0.4, -0.2) is 9.13 Å². The van der Waals surface area contributed by atoms with Crippen molar-refractivity contribution in [1.29, 1.82) is 10.5 Å². The number of aromatic nitrogens is 2. The zero-order chi connectivity index (χ0) is 28.2. The van der Waals surface area contributed by atoms with Crippen LogP contribution in [0.15, 0.2) is 133 Å². The summed E-state index contributed by atoms with van der Waals surface area (Å²) in [5.41, 5.74) is 9.24. The van der Waals surface area contributed by atoms with Crippen molar-refractivity contribution in [1.82, 2.24) is 9.13 Å². The number of rotatable bonds is 3. The molecule has 194 valence electrons. The lowest BCUT2D eigenvalue weighted by atomic mass is 9.97. The Morgan fingerprint density at radius 2 is 0.690 bits per heavy atom. The number of para-hydroxylation sites is 4. The first-order chi connectivity index (χ1) is 20.8. The first-order valence-corrected chi connectivity index (χ1v) is 13.8. The molecular formula is C38H22N4. The highest BCUT2D eigenvalue weighted by molar-refractivity contribution is 6.11. The predicted octanol–water partition coefficient (Wildman–Crippen LogP) is 9.29. The van der Waals surface area contributed by atoms with Crippen LogP contribution in [0.5, 0.6) is 0 Å². The molecule has 0 aliphatic carbocycles. The Balaban J connectivity index is 1.52. The molecule has 8 aromatic rings. The van der Waals surface area contributed by atoms with E-state index in [-0.39, 0.29) is 0 Å². The minimum absolute atomic E-state index is 0.586. The normalized spacial score (nSPS) is 11.3. The highest BCUT2D eigenvalue weighted by Gasteiger charge is 2.20. The largest absolute Gasteiger partial charge is 0.309 e. The minimum atomic E-state index is 0.586. The molecule has 0 N–H and O–H groups in total. The van der Waals surface area contributed by atoms with Gasteiger partial charge in [-0.1, -0.05) is 84.9 Å². The van der Waals surface area contributed by atoms with Gasteiger partial charge in [0.15, 0.2) is 0 Å². The zero-order valence-corrected chi connectivity index (χ0v) is 22.5. The molecule has 2 heterocycles. The first-order valence-electron chi connectivity index (χ1n) is 13.8. The summed E-state index contributed by atoms with van der Waals surface area (Å²) in [7, 11) is 0. The molecule has 0 unspecified atom stereocenters. The Labute approximate surface area is 242 Å². The molecule has 2 aromatic heterocycles. The second-order valence-electron chi connectivity index (χ2n) is 10.4. The fourth-order valence-electron chi connectivity index (χ4n) is 6.39. The molecule has 0 bridgehead atoms. The van der Waals surface area contributed by atoms with Crippen LogP contribution in [0.25, 0.3) is 66.1 Å². The van der Waals surface area contributed by atoms with Gasteiger partial charge in [0.1, 0.15) is 0 Å². The van der Waals surface area contributed by atoms with Crippen molar-refractivity contribution >= 4 is 43.6 Å². The highest BCUT2D eigenvalue weighted by atomic mass is 15.0. The smallest absolute Gasteiger partial charge is 0.0992 e. The zero-order valence-electron chi connectivity index (χ0n) is 22.5. The minimum Gasteiger partial charge on any atom is -0.309 e. The van der Waals surface area contributed by atoms with E-state index in [9.17, 15) is 10.5 Å². The molecule has 6 aromatic carbocycles. The molecule has 0 aliphatic rings. The van der Waals surface area contributed by atoms with E-state index in [1.165, 1.54) is 0 Å². The molecular weight excluding hydrogens is 512 g/mol. The summed E-state index contributed by atoms with van der Waals surface area (Å²) in [6.45, 7) is 0. The fraction of sp³-hybridized carbons (Fsp3) is 0. The van der Waals surface area contributed by atoms with Crippen molar-refractivity contribution in [2.45, 2.75) is 0 Å². The summed E-state index contributed by atoms with van der Waals surface area (Å²) in [4.78, 5) is 0. The van der Waals surface area contributed by atoms with Crippen LogP contribution < -0.4 is 0 Å². The van der Waals surface area contributed by atoms with Crippen LogP contribution in [0.3, 0.4) is 0 Å². The van der Waals surface area contributed by atoms with Crippen molar-refractivity contribution in [2.75, 3.05) is 0 Å². The maximum Gasteiger partial charge on any atom is 0.0992 e. The van der Waals surface area contributed by atoms with Gasteiger partial charge in [-0.15, -0.1) is 0 Å². The van der Waals surface area contributed by atoms with Gasteiger partial charge in [0, 0.05) is 32.7 Å². The van der Waals surface area contributed by atoms with E-state index in [1.54, 1.807) is 0 Å². The van der Waals surface area contributed by atoms with Crippen LogP contribution >= 0.6 is 0 Å². The summed E-state index contributed by atoms with van der Waals surface area (Å²) in [6, 6.07) is 50.0. The van der Waals surface area contributed by atoms with E-state index in [4.69, 9.17) is 0 Å². The van der Waals surface area contributed by atoms with Gasteiger partial charge >= 0.3 is 0 Å². The van der Waals surface area contributed by atoms with Crippen LogP contribution in [0, 0.1) is 22.7 Å². The van der Waals surface area contributed by atoms with Gasteiger partial charge < -0.3 is 9.13 Å². The van der Waals surface area contributed by atoms with E-state index >= 15 is 0 Å². The number of nitrogens with zero attached hydrogens (tertiary/aromatic N) is 4. The van der Waals surface area contributed by atoms with Gasteiger partial charge in [-0.2, -0.15) is 10.5 Å². The third-order valence-electron chi connectivity index (χ3n) is 8.19. The lowest BCUT2D eigenvalue weighted by Gasteiger charge is -2.19. The van der Waals surface area contributed by atoms with Crippen LogP contribution in [0.2, 0.25) is 0 Å². The molecule has 0 saturated carbocycles. The van der Waals surface area contributed by atoms with Gasteiger partial charge in [-0.3, -0.25) is 0 Å². The number of nitriles is 2. The van der Waals surface area contributed by atoms with Crippen molar-refractivity contribution in [3.8, 4) is 34.6 Å². The summed E-state index contributed by atoms with van der Waals surface area (Å²) in [6.07, 6.45) is 0. The van der Waals surface area contributed by atoms with E-state index in [0.29, 0.717) is 11.1 Å². The van der Waals surface area contributed by atoms with Gasteiger partial charge in [0.25, 0.3) is 0 Å². The molecule has 0 spiro atoms. The Kier molecular flexibility index (Phi) is 5.22. The Bertz CT molecular complexity index is 2160. The summed E-state index contributed by atoms with van der Waals surface area (Å²) >= 11 is 0. The summed E-state index contributed by atoms with van der Waals surface area (Å²) < 4.78 is 4.52. The second-order valence-corrected chi connectivity index (χ2v) is 10.4. The van der Waals surface area contributed by atoms with Crippen molar-refractivity contribution in [3.05, 3.63) is 145 Å². The fourth-order valence-corrected chi connectivity index (χ4v) is 6.39. The maximum absolute atomic E-state index is 9.96. The quantitative estimate of drug-likeness (QED) is 0.227. The maximum atomic E-state index is 9.96. The number of hydrogen-bond acceptors (Lipinski definition) is 2. The molecule has 4 nitrogen and oxygen atoms in total. The van der Waals surface area contributed by atoms with Crippen molar-refractivity contribution in [2.24, 2.45) is 0 Å². The molecule has 0 amide bonds. The molecule has 0 atom stereocenters. The topological polar surface area (TPSA) is 57.4 Å². The van der Waals surface area contributed by atoms with Crippen LogP contribution in [0.4, 0.5) is 0 Å². The molecule has 4 heteroatoms. The lowest BCUT2D eigenvalue weighted by Crippen LogP contribution is -2.02. The molecule has 0 aliphatic heterocycles. The Morgan fingerprint density at radius 1 is 0.381 bits per heavy atom. The van der Waals surface area contributed by atoms with E-state index in [1.807, 2.05) is 36.4 Å². The van der Waals surface area contributed by atoms with Gasteiger partial charge in [0.05, 0.1) is 56.7 Å². The number of fused-ring (bicyclic) bond motifs is 6. The summed E-state index contributed by atoms with van der Waals surface area (Å²) in [5.74, 6) is 0. The standard InChI is InChI=1S/C38H22N4/c39-23-25-17-19-31(37(21-25)41-33-13-5-1-9-27(33)28-10-2-6-14-34(28)41)32-20-18-26(24-40)22-38(32)42-35-15-7-3-11-29(35)30-12-4-8-16-36(30)42/h1-22H. The SMILES string of the molecule is N#Cc1ccc(-c2ccc(C#N)cc2-n2c3ccccc3c3ccccc32)c(-n2c3ccccc3c3ccccc32)c1. The van der Waals surface area contributed by atoms with Crippen molar-refractivity contribution < 1.29 is 0 Å². The van der Waals surface area contributed by atoms with E-state index in [0.717, 1.165) is 66.1 Å². The predicted molar refractivity (Wildman–Crippen MR) is 170 cm³/mol. The average Bonchev–Trinajstić information content (AvgIpc) is 3.57. The van der Waals surface area contributed by atoms with Crippen LogP contribution in [-0.2, 0) is 0 Å². The molecule has 0 saturated heterocycles. The first kappa shape index (κ1) is 23.8. The Hall–Kier alpha value is -6.10. The Morgan fingerprint density at radius 3 is 1.00 bits per heavy atom. The average molecular weight is 535 g/mol. The third-order valence-corrected chi connectivity index (χ3v) is 8.19. The van der Waals surface area contributed by atoms with Gasteiger partial charge in [0.2, 0.25) is 0 Å². The van der Waals surface area contributed by atoms with Gasteiger partial charge in [-0.05, 0) is 48.5 Å². The van der Waals surface area contributed by atoms with Crippen molar-refractivity contribution in [3.63, 3.8) is 0 Å². The van der Waals surface area contributed by atoms with Crippen LogP contribution in [0.1, 0.15) is 11.1 Å². The van der Waals surface area contributed by atoms with E-state index in [2.05, 4.69) is 118 Å². The summed E-state index contributed by atoms with van der Waals surface area (Å²) in [5, 5.41) is 24.5. The molecule has 42 heavy (non-hydrogen) atoms. The molecule has 0 fully saturated rings. The third kappa shape index (κ3) is 3.40. The highest BCUT2D eigenvalue weighted by Crippen LogP contribution is 2.41. The monoisotopic (exact) mass is 534 g/mol.